The van der Waals surface area contributed by atoms with Crippen molar-refractivity contribution in [1.29, 1.82) is 0 Å². The Kier molecular flexibility index (Phi) is 5.81. The van der Waals surface area contributed by atoms with Gasteiger partial charge in [-0.3, -0.25) is 9.59 Å². The summed E-state index contributed by atoms with van der Waals surface area (Å²) in [6.45, 7) is 1.99. The van der Waals surface area contributed by atoms with Gasteiger partial charge in [-0.1, -0.05) is 6.92 Å². The van der Waals surface area contributed by atoms with Crippen LogP contribution in [0.3, 0.4) is 0 Å². The molecule has 0 aliphatic heterocycles. The Morgan fingerprint density at radius 3 is 2.73 bits per heavy atom. The minimum atomic E-state index is -0.448. The molecule has 1 N–H and O–H groups in total. The van der Waals surface area contributed by atoms with Crippen LogP contribution in [0.2, 0.25) is 0 Å². The molecule has 1 amide bonds. The molecule has 26 heavy (non-hydrogen) atoms. The molecule has 1 aromatic carbocycles. The fraction of sp³-hybridized carbons (Fsp3) is 0.500. The molecule has 1 heterocycles. The van der Waals surface area contributed by atoms with Crippen LogP contribution in [-0.4, -0.2) is 31.6 Å². The van der Waals surface area contributed by atoms with Gasteiger partial charge in [0.2, 0.25) is 0 Å². The maximum absolute atomic E-state index is 12.0. The van der Waals surface area contributed by atoms with E-state index in [1.54, 1.807) is 13.2 Å². The first-order valence-electron chi connectivity index (χ1n) is 9.04. The molecule has 0 bridgehead atoms. The third-order valence-electron chi connectivity index (χ3n) is 4.94. The molecule has 6 heteroatoms. The van der Waals surface area contributed by atoms with E-state index in [-0.39, 0.29) is 25.0 Å². The van der Waals surface area contributed by atoms with Crippen molar-refractivity contribution in [2.45, 2.75) is 45.1 Å². The van der Waals surface area contributed by atoms with Crippen LogP contribution in [0.5, 0.6) is 5.75 Å². The fourth-order valence-electron chi connectivity index (χ4n) is 3.35. The van der Waals surface area contributed by atoms with Gasteiger partial charge < -0.3 is 19.2 Å². The number of methoxy groups -OCH3 is 1. The van der Waals surface area contributed by atoms with Crippen molar-refractivity contribution in [3.05, 3.63) is 30.0 Å². The number of nitrogens with one attached hydrogen (secondary N) is 1. The summed E-state index contributed by atoms with van der Waals surface area (Å²) in [5.74, 6) is 0.733. The molecule has 0 atom stereocenters. The predicted octanol–water partition coefficient (Wildman–Crippen LogP) is 3.22. The first kappa shape index (κ1) is 18.3. The van der Waals surface area contributed by atoms with Crippen LogP contribution < -0.4 is 10.1 Å². The van der Waals surface area contributed by atoms with Gasteiger partial charge in [0.1, 0.15) is 11.3 Å². The lowest BCUT2D eigenvalue weighted by Crippen LogP contribution is -2.39. The largest absolute Gasteiger partial charge is 0.497 e. The minimum Gasteiger partial charge on any atom is -0.497 e. The average Bonchev–Trinajstić information content (AvgIpc) is 3.04. The summed E-state index contributed by atoms with van der Waals surface area (Å²) in [5, 5.41) is 3.78. The Morgan fingerprint density at radius 2 is 2.00 bits per heavy atom. The number of carbonyl (C=O) groups excluding carboxylic acids is 2. The first-order valence-corrected chi connectivity index (χ1v) is 9.04. The second-order valence-electron chi connectivity index (χ2n) is 6.98. The van der Waals surface area contributed by atoms with E-state index in [0.717, 1.165) is 42.6 Å². The zero-order chi connectivity index (χ0) is 18.5. The molecule has 1 aromatic heterocycles. The lowest BCUT2D eigenvalue weighted by molar-refractivity contribution is -0.148. The highest BCUT2D eigenvalue weighted by Gasteiger charge is 2.20. The second kappa shape index (κ2) is 8.25. The zero-order valence-electron chi connectivity index (χ0n) is 15.2. The lowest BCUT2D eigenvalue weighted by atomic mass is 9.87. The highest BCUT2D eigenvalue weighted by molar-refractivity contribution is 5.87. The number of fused-ring (bicyclic) bond motifs is 1. The number of benzene rings is 1. The molecule has 1 fully saturated rings. The summed E-state index contributed by atoms with van der Waals surface area (Å²) >= 11 is 0. The molecule has 0 radical (unpaired) electrons. The van der Waals surface area contributed by atoms with E-state index >= 15 is 0 Å². The van der Waals surface area contributed by atoms with E-state index in [2.05, 4.69) is 12.2 Å². The Balaban J connectivity index is 1.47. The topological polar surface area (TPSA) is 77.8 Å². The summed E-state index contributed by atoms with van der Waals surface area (Å²) < 4.78 is 15.7. The molecule has 1 aliphatic rings. The maximum Gasteiger partial charge on any atom is 0.310 e. The third-order valence-corrected chi connectivity index (χ3v) is 4.94. The van der Waals surface area contributed by atoms with Crippen molar-refractivity contribution in [3.63, 3.8) is 0 Å². The van der Waals surface area contributed by atoms with Crippen molar-refractivity contribution in [3.8, 4) is 5.75 Å². The SMILES string of the molecule is COc1ccc2c(CC(=O)OCC(=O)NC3CCC(C)CC3)coc2c1. The van der Waals surface area contributed by atoms with E-state index in [0.29, 0.717) is 11.3 Å². The van der Waals surface area contributed by atoms with Crippen molar-refractivity contribution >= 4 is 22.8 Å². The van der Waals surface area contributed by atoms with Gasteiger partial charge in [-0.15, -0.1) is 0 Å². The van der Waals surface area contributed by atoms with Gasteiger partial charge in [0.15, 0.2) is 6.61 Å². The van der Waals surface area contributed by atoms with E-state index in [1.165, 1.54) is 6.26 Å². The predicted molar refractivity (Wildman–Crippen MR) is 97.0 cm³/mol. The number of esters is 1. The van der Waals surface area contributed by atoms with Gasteiger partial charge in [0.25, 0.3) is 5.91 Å². The molecule has 0 unspecified atom stereocenters. The van der Waals surface area contributed by atoms with Crippen LogP contribution in [0.15, 0.2) is 28.9 Å². The second-order valence-corrected chi connectivity index (χ2v) is 6.98. The van der Waals surface area contributed by atoms with Crippen LogP contribution in [0.1, 0.15) is 38.2 Å². The van der Waals surface area contributed by atoms with E-state index in [4.69, 9.17) is 13.9 Å². The fourth-order valence-corrected chi connectivity index (χ4v) is 3.35. The zero-order valence-corrected chi connectivity index (χ0v) is 15.2. The monoisotopic (exact) mass is 359 g/mol. The highest BCUT2D eigenvalue weighted by Crippen LogP contribution is 2.26. The number of hydrogen-bond acceptors (Lipinski definition) is 5. The summed E-state index contributed by atoms with van der Waals surface area (Å²) in [7, 11) is 1.58. The number of furan rings is 1. The van der Waals surface area contributed by atoms with Gasteiger partial charge in [0, 0.05) is 23.1 Å². The van der Waals surface area contributed by atoms with E-state index in [1.807, 2.05) is 12.1 Å². The molecular weight excluding hydrogens is 334 g/mol. The van der Waals surface area contributed by atoms with Crippen LogP contribution in [0.25, 0.3) is 11.0 Å². The Bertz CT molecular complexity index is 774. The molecule has 1 aliphatic carbocycles. The third kappa shape index (κ3) is 4.56. The van der Waals surface area contributed by atoms with Crippen molar-refractivity contribution in [1.82, 2.24) is 5.32 Å². The molecule has 2 aromatic rings. The minimum absolute atomic E-state index is 0.0630. The number of rotatable bonds is 6. The van der Waals surface area contributed by atoms with Crippen LogP contribution in [0, 0.1) is 5.92 Å². The molecule has 140 valence electrons. The Hall–Kier alpha value is -2.50. The highest BCUT2D eigenvalue weighted by atomic mass is 16.5. The smallest absolute Gasteiger partial charge is 0.310 e. The van der Waals surface area contributed by atoms with Crippen LogP contribution >= 0.6 is 0 Å². The maximum atomic E-state index is 12.0. The normalized spacial score (nSPS) is 19.9. The van der Waals surface area contributed by atoms with Crippen LogP contribution in [0.4, 0.5) is 0 Å². The molecule has 3 rings (SSSR count). The van der Waals surface area contributed by atoms with Crippen molar-refractivity contribution in [2.24, 2.45) is 5.92 Å². The average molecular weight is 359 g/mol. The van der Waals surface area contributed by atoms with Gasteiger partial charge in [-0.2, -0.15) is 0 Å². The van der Waals surface area contributed by atoms with Gasteiger partial charge in [-0.25, -0.2) is 0 Å². The van der Waals surface area contributed by atoms with Gasteiger partial charge in [-0.05, 0) is 43.7 Å². The summed E-state index contributed by atoms with van der Waals surface area (Å²) in [6.07, 6.45) is 5.84. The Morgan fingerprint density at radius 1 is 1.23 bits per heavy atom. The number of hydrogen-bond donors (Lipinski definition) is 1. The van der Waals surface area contributed by atoms with Gasteiger partial charge >= 0.3 is 5.97 Å². The molecular formula is C20H25NO5. The van der Waals surface area contributed by atoms with Gasteiger partial charge in [0.05, 0.1) is 19.8 Å². The molecule has 0 saturated heterocycles. The Labute approximate surface area is 152 Å². The standard InChI is InChI=1S/C20H25NO5/c1-13-3-5-15(6-4-13)21-19(22)12-26-20(23)9-14-11-25-18-10-16(24-2)7-8-17(14)18/h7-8,10-11,13,15H,3-6,9,12H2,1-2H3,(H,21,22). The summed E-state index contributed by atoms with van der Waals surface area (Å²) in [6, 6.07) is 5.62. The quantitative estimate of drug-likeness (QED) is 0.801. The summed E-state index contributed by atoms with van der Waals surface area (Å²) in [5.41, 5.74) is 1.38. The number of ether oxygens (including phenoxy) is 2. The van der Waals surface area contributed by atoms with E-state index < -0.39 is 5.97 Å². The van der Waals surface area contributed by atoms with Crippen LogP contribution in [-0.2, 0) is 20.7 Å². The lowest BCUT2D eigenvalue weighted by Gasteiger charge is -2.26. The number of amides is 1. The summed E-state index contributed by atoms with van der Waals surface area (Å²) in [4.78, 5) is 24.0. The van der Waals surface area contributed by atoms with Crippen molar-refractivity contribution in [2.75, 3.05) is 13.7 Å². The number of carbonyl (C=O) groups is 2. The molecule has 6 nitrogen and oxygen atoms in total. The van der Waals surface area contributed by atoms with E-state index in [9.17, 15) is 9.59 Å². The molecule has 1 saturated carbocycles. The van der Waals surface area contributed by atoms with Crippen molar-refractivity contribution < 1.29 is 23.5 Å². The first-order chi connectivity index (χ1) is 12.5. The molecule has 0 spiro atoms.